The molecule has 0 saturated heterocycles. The summed E-state index contributed by atoms with van der Waals surface area (Å²) in [6, 6.07) is 14.6. The molecular weight excluding hydrogens is 314 g/mol. The summed E-state index contributed by atoms with van der Waals surface area (Å²) in [6.45, 7) is 2.61. The highest BCUT2D eigenvalue weighted by Crippen LogP contribution is 2.23. The first-order chi connectivity index (χ1) is 12.0. The second kappa shape index (κ2) is 7.66. The zero-order chi connectivity index (χ0) is 17.8. The van der Waals surface area contributed by atoms with Crippen LogP contribution in [0.3, 0.4) is 0 Å². The molecule has 2 atom stereocenters. The summed E-state index contributed by atoms with van der Waals surface area (Å²) in [5, 5.41) is 8.33. The third kappa shape index (κ3) is 4.79. The van der Waals surface area contributed by atoms with E-state index < -0.39 is 0 Å². The minimum atomic E-state index is -0.0771. The van der Waals surface area contributed by atoms with Crippen molar-refractivity contribution in [2.24, 2.45) is 0 Å². The van der Waals surface area contributed by atoms with Crippen molar-refractivity contribution in [1.82, 2.24) is 10.6 Å². The van der Waals surface area contributed by atoms with Gasteiger partial charge in [-0.1, -0.05) is 42.5 Å². The van der Waals surface area contributed by atoms with Crippen molar-refractivity contribution in [1.29, 1.82) is 0 Å². The molecule has 2 aromatic carbocycles. The monoisotopic (exact) mass is 340 g/mol. The van der Waals surface area contributed by atoms with Gasteiger partial charge in [0.2, 0.25) is 0 Å². The number of benzene rings is 2. The third-order valence-corrected chi connectivity index (χ3v) is 4.53. The van der Waals surface area contributed by atoms with Gasteiger partial charge in [0.15, 0.2) is 13.1 Å². The van der Waals surface area contributed by atoms with Crippen LogP contribution >= 0.6 is 0 Å². The molecule has 1 aliphatic rings. The summed E-state index contributed by atoms with van der Waals surface area (Å²) >= 11 is 0. The zero-order valence-electron chi connectivity index (χ0n) is 14.8. The van der Waals surface area contributed by atoms with E-state index in [1.165, 1.54) is 5.39 Å². The van der Waals surface area contributed by atoms with Crippen molar-refractivity contribution in [3.63, 3.8) is 0 Å². The van der Waals surface area contributed by atoms with E-state index in [1.807, 2.05) is 38.2 Å². The lowest BCUT2D eigenvalue weighted by atomic mass is 10.00. The van der Waals surface area contributed by atoms with Gasteiger partial charge in [0, 0.05) is 6.04 Å². The fourth-order valence-electron chi connectivity index (χ4n) is 3.12. The molecule has 3 N–H and O–H groups in total. The Morgan fingerprint density at radius 3 is 2.52 bits per heavy atom. The van der Waals surface area contributed by atoms with Gasteiger partial charge < -0.3 is 15.5 Å². The lowest BCUT2D eigenvalue weighted by Gasteiger charge is -2.18. The van der Waals surface area contributed by atoms with E-state index in [0.717, 1.165) is 28.7 Å². The molecule has 0 radical (unpaired) electrons. The molecule has 2 aromatic rings. The third-order valence-electron chi connectivity index (χ3n) is 4.53. The second-order valence-electron chi connectivity index (χ2n) is 7.01. The average molecular weight is 340 g/mol. The van der Waals surface area contributed by atoms with Gasteiger partial charge in [0.05, 0.1) is 13.1 Å². The highest BCUT2D eigenvalue weighted by molar-refractivity contribution is 5.87. The van der Waals surface area contributed by atoms with Crippen molar-refractivity contribution >= 4 is 22.6 Å². The number of hydrogen-bond donors (Lipinski definition) is 3. The number of nitrogens with one attached hydrogen (secondary N) is 3. The van der Waals surface area contributed by atoms with Crippen LogP contribution in [0.4, 0.5) is 0 Å². The summed E-state index contributed by atoms with van der Waals surface area (Å²) in [5.41, 5.74) is 1.11. The van der Waals surface area contributed by atoms with Gasteiger partial charge in [-0.25, -0.2) is 0 Å². The Bertz CT molecular complexity index is 765. The van der Waals surface area contributed by atoms with Crippen LogP contribution in [0.2, 0.25) is 0 Å². The number of likely N-dealkylation sites (N-methyl/N-ethyl adjacent to an activating group) is 1. The minimum absolute atomic E-state index is 0.0231. The summed E-state index contributed by atoms with van der Waals surface area (Å²) in [4.78, 5) is 25.0. The Balaban J connectivity index is 1.55. The zero-order valence-corrected chi connectivity index (χ0v) is 14.8. The Morgan fingerprint density at radius 2 is 1.76 bits per heavy atom. The van der Waals surface area contributed by atoms with Crippen molar-refractivity contribution < 1.29 is 14.5 Å². The molecular formula is C20H26N3O2+. The summed E-state index contributed by atoms with van der Waals surface area (Å²) in [7, 11) is 1.87. The molecule has 25 heavy (non-hydrogen) atoms. The molecule has 0 bridgehead atoms. The van der Waals surface area contributed by atoms with Crippen LogP contribution in [0, 0.1) is 0 Å². The molecule has 1 aliphatic carbocycles. The van der Waals surface area contributed by atoms with Gasteiger partial charge in [-0.3, -0.25) is 9.59 Å². The highest BCUT2D eigenvalue weighted by Gasteiger charge is 2.25. The average Bonchev–Trinajstić information content (AvgIpc) is 3.37. The Kier molecular flexibility index (Phi) is 5.34. The molecule has 1 unspecified atom stereocenters. The number of fused-ring (bicyclic) bond motifs is 1. The normalized spacial score (nSPS) is 16.2. The summed E-state index contributed by atoms with van der Waals surface area (Å²) in [6.07, 6.45) is 2.15. The molecule has 132 valence electrons. The van der Waals surface area contributed by atoms with E-state index in [2.05, 4.69) is 28.8 Å². The van der Waals surface area contributed by atoms with Crippen LogP contribution < -0.4 is 15.5 Å². The first-order valence-electron chi connectivity index (χ1n) is 8.90. The smallest absolute Gasteiger partial charge is 0.275 e. The first-order valence-corrected chi connectivity index (χ1v) is 8.90. The van der Waals surface area contributed by atoms with Crippen LogP contribution in [0.1, 0.15) is 31.4 Å². The summed E-state index contributed by atoms with van der Waals surface area (Å²) < 4.78 is 0. The van der Waals surface area contributed by atoms with Gasteiger partial charge in [-0.05, 0) is 36.1 Å². The van der Waals surface area contributed by atoms with Crippen LogP contribution in [0.5, 0.6) is 0 Å². The number of carbonyl (C=O) groups excluding carboxylic acids is 2. The van der Waals surface area contributed by atoms with E-state index >= 15 is 0 Å². The van der Waals surface area contributed by atoms with Gasteiger partial charge in [-0.2, -0.15) is 0 Å². The van der Waals surface area contributed by atoms with E-state index in [0.29, 0.717) is 12.6 Å². The maximum Gasteiger partial charge on any atom is 0.275 e. The van der Waals surface area contributed by atoms with E-state index in [1.54, 1.807) is 0 Å². The van der Waals surface area contributed by atoms with Gasteiger partial charge >= 0.3 is 0 Å². The first kappa shape index (κ1) is 17.4. The van der Waals surface area contributed by atoms with Gasteiger partial charge in [-0.15, -0.1) is 0 Å². The maximum absolute atomic E-state index is 12.3. The molecule has 0 heterocycles. The molecule has 0 spiro atoms. The SMILES string of the molecule is C[C@H](NC(=O)C[NH+](C)CC(=O)NC1CC1)c1cccc2ccccc12. The Morgan fingerprint density at radius 1 is 1.08 bits per heavy atom. The molecule has 5 nitrogen and oxygen atoms in total. The van der Waals surface area contributed by atoms with Crippen molar-refractivity contribution in [3.05, 3.63) is 48.0 Å². The molecule has 1 saturated carbocycles. The van der Waals surface area contributed by atoms with Crippen LogP contribution in [0.15, 0.2) is 42.5 Å². The topological polar surface area (TPSA) is 62.6 Å². The molecule has 0 aromatic heterocycles. The Hall–Kier alpha value is -2.40. The van der Waals surface area contributed by atoms with Gasteiger partial charge in [0.1, 0.15) is 0 Å². The highest BCUT2D eigenvalue weighted by atomic mass is 16.2. The van der Waals surface area contributed by atoms with Crippen LogP contribution in [0.25, 0.3) is 10.8 Å². The van der Waals surface area contributed by atoms with E-state index in [9.17, 15) is 9.59 Å². The lowest BCUT2D eigenvalue weighted by molar-refractivity contribution is -0.862. The number of rotatable bonds is 7. The Labute approximate surface area is 148 Å². The standard InChI is InChI=1S/C20H25N3O2/c1-14(17-9-5-7-15-6-3-4-8-18(15)17)21-19(24)12-23(2)13-20(25)22-16-10-11-16/h3-9,14,16H,10-13H2,1-2H3,(H,21,24)(H,22,25)/p+1/t14-/m0/s1. The summed E-state index contributed by atoms with van der Waals surface area (Å²) in [5.74, 6) is -0.0212. The molecule has 3 rings (SSSR count). The van der Waals surface area contributed by atoms with Crippen LogP contribution in [-0.2, 0) is 9.59 Å². The fraction of sp³-hybridized carbons (Fsp3) is 0.400. The predicted molar refractivity (Wildman–Crippen MR) is 98.3 cm³/mol. The van der Waals surface area contributed by atoms with Crippen LogP contribution in [-0.4, -0.2) is 38.0 Å². The fourth-order valence-corrected chi connectivity index (χ4v) is 3.12. The van der Waals surface area contributed by atoms with E-state index in [4.69, 9.17) is 0 Å². The molecule has 0 aliphatic heterocycles. The number of carbonyl (C=O) groups is 2. The molecule has 5 heteroatoms. The largest absolute Gasteiger partial charge is 0.348 e. The van der Waals surface area contributed by atoms with Crippen molar-refractivity contribution in [2.45, 2.75) is 31.8 Å². The number of hydrogen-bond acceptors (Lipinski definition) is 2. The van der Waals surface area contributed by atoms with Crippen molar-refractivity contribution in [2.75, 3.05) is 20.1 Å². The van der Waals surface area contributed by atoms with E-state index in [-0.39, 0.29) is 24.4 Å². The molecule has 1 fully saturated rings. The quantitative estimate of drug-likeness (QED) is 0.698. The maximum atomic E-state index is 12.3. The number of quaternary nitrogens is 1. The molecule has 2 amide bonds. The second-order valence-corrected chi connectivity index (χ2v) is 7.01. The predicted octanol–water partition coefficient (Wildman–Crippen LogP) is 0.810. The lowest BCUT2D eigenvalue weighted by Crippen LogP contribution is -3.11. The van der Waals surface area contributed by atoms with Gasteiger partial charge in [0.25, 0.3) is 11.8 Å². The minimum Gasteiger partial charge on any atom is -0.348 e. The number of amides is 2. The van der Waals surface area contributed by atoms with Crippen molar-refractivity contribution in [3.8, 4) is 0 Å².